The molecule has 5 nitrogen and oxygen atoms in total. The van der Waals surface area contributed by atoms with Gasteiger partial charge < -0.3 is 10.4 Å². The van der Waals surface area contributed by atoms with Crippen molar-refractivity contribution in [3.05, 3.63) is 30.3 Å². The Labute approximate surface area is 87.7 Å². The van der Waals surface area contributed by atoms with E-state index in [0.717, 1.165) is 5.69 Å². The predicted molar refractivity (Wildman–Crippen MR) is 56.3 cm³/mol. The number of rotatable bonds is 2. The van der Waals surface area contributed by atoms with Crippen molar-refractivity contribution in [3.63, 3.8) is 0 Å². The molecule has 0 saturated carbocycles. The van der Waals surface area contributed by atoms with E-state index in [0.29, 0.717) is 6.54 Å². The lowest BCUT2D eigenvalue weighted by molar-refractivity contribution is 0.203. The number of hydrogen-bond donors (Lipinski definition) is 3. The van der Waals surface area contributed by atoms with Crippen LogP contribution >= 0.6 is 0 Å². The molecule has 1 aromatic rings. The number of amides is 2. The highest BCUT2D eigenvalue weighted by atomic mass is 16.3. The summed E-state index contributed by atoms with van der Waals surface area (Å²) < 4.78 is 0. The van der Waals surface area contributed by atoms with E-state index in [1.165, 1.54) is 0 Å². The molecule has 2 amide bonds. The largest absolute Gasteiger partial charge is 0.394 e. The van der Waals surface area contributed by atoms with Crippen LogP contribution in [-0.2, 0) is 0 Å². The Morgan fingerprint density at radius 2 is 2.13 bits per heavy atom. The first-order chi connectivity index (χ1) is 7.29. The number of benzene rings is 1. The number of aliphatic hydroxyl groups excluding tert-OH is 1. The summed E-state index contributed by atoms with van der Waals surface area (Å²) in [6, 6.07) is 9.01. The maximum absolute atomic E-state index is 11.2. The van der Waals surface area contributed by atoms with Gasteiger partial charge in [0.1, 0.15) is 0 Å². The zero-order valence-electron chi connectivity index (χ0n) is 8.18. The third kappa shape index (κ3) is 2.19. The first-order valence-electron chi connectivity index (χ1n) is 4.80. The highest BCUT2D eigenvalue weighted by molar-refractivity contribution is 5.77. The second-order valence-electron chi connectivity index (χ2n) is 3.41. The van der Waals surface area contributed by atoms with Crippen LogP contribution in [0.1, 0.15) is 0 Å². The second-order valence-corrected chi connectivity index (χ2v) is 3.41. The highest BCUT2D eigenvalue weighted by Gasteiger charge is 2.23. The van der Waals surface area contributed by atoms with Crippen molar-refractivity contribution in [1.29, 1.82) is 0 Å². The summed E-state index contributed by atoms with van der Waals surface area (Å²) in [6.45, 7) is 0.489. The molecule has 1 heterocycles. The van der Waals surface area contributed by atoms with Crippen LogP contribution in [0.25, 0.3) is 0 Å². The average Bonchev–Trinajstić information content (AvgIpc) is 2.29. The summed E-state index contributed by atoms with van der Waals surface area (Å²) >= 11 is 0. The number of carbonyl (C=O) groups is 1. The highest BCUT2D eigenvalue weighted by Crippen LogP contribution is 2.12. The van der Waals surface area contributed by atoms with Gasteiger partial charge >= 0.3 is 6.03 Å². The summed E-state index contributed by atoms with van der Waals surface area (Å²) in [5.74, 6) is 0. The van der Waals surface area contributed by atoms with Gasteiger partial charge in [0.05, 0.1) is 24.9 Å². The van der Waals surface area contributed by atoms with Crippen molar-refractivity contribution in [2.45, 2.75) is 6.04 Å². The van der Waals surface area contributed by atoms with E-state index >= 15 is 0 Å². The lowest BCUT2D eigenvalue weighted by Gasteiger charge is -2.34. The smallest absolute Gasteiger partial charge is 0.333 e. The number of para-hydroxylation sites is 1. The summed E-state index contributed by atoms with van der Waals surface area (Å²) in [5, 5.41) is 13.4. The second kappa shape index (κ2) is 4.18. The molecule has 1 aliphatic heterocycles. The number of urea groups is 1. The third-order valence-corrected chi connectivity index (χ3v) is 2.26. The van der Waals surface area contributed by atoms with E-state index in [1.807, 2.05) is 30.3 Å². The van der Waals surface area contributed by atoms with Crippen molar-refractivity contribution in [3.8, 4) is 0 Å². The van der Waals surface area contributed by atoms with Crippen LogP contribution in [-0.4, -0.2) is 30.3 Å². The summed E-state index contributed by atoms with van der Waals surface area (Å²) in [5.41, 5.74) is 3.58. The number of nitrogens with zero attached hydrogens (tertiary/aromatic N) is 1. The van der Waals surface area contributed by atoms with Crippen LogP contribution in [0.15, 0.2) is 30.3 Å². The summed E-state index contributed by atoms with van der Waals surface area (Å²) in [6.07, 6.45) is 0. The molecule has 0 aliphatic carbocycles. The normalized spacial score (nSPS) is 20.7. The Morgan fingerprint density at radius 1 is 1.40 bits per heavy atom. The van der Waals surface area contributed by atoms with Gasteiger partial charge in [0.25, 0.3) is 0 Å². The Kier molecular flexibility index (Phi) is 2.73. The van der Waals surface area contributed by atoms with Crippen LogP contribution in [0.4, 0.5) is 10.5 Å². The van der Waals surface area contributed by atoms with Gasteiger partial charge in [0, 0.05) is 0 Å². The lowest BCUT2D eigenvalue weighted by atomic mass is 10.2. The Hall–Kier alpha value is -1.75. The fraction of sp³-hybridized carbons (Fsp3) is 0.300. The number of aliphatic hydroxyl groups is 1. The molecule has 15 heavy (non-hydrogen) atoms. The topological polar surface area (TPSA) is 64.6 Å². The minimum Gasteiger partial charge on any atom is -0.394 e. The third-order valence-electron chi connectivity index (χ3n) is 2.26. The zero-order chi connectivity index (χ0) is 10.7. The van der Waals surface area contributed by atoms with Gasteiger partial charge in [-0.1, -0.05) is 18.2 Å². The quantitative estimate of drug-likeness (QED) is 0.643. The SMILES string of the molecule is O=C1NC(CO)CN(c2ccccc2)N1. The van der Waals surface area contributed by atoms with Gasteiger partial charge in [-0.2, -0.15) is 0 Å². The molecule has 5 heteroatoms. The summed E-state index contributed by atoms with van der Waals surface area (Å²) in [7, 11) is 0. The van der Waals surface area contributed by atoms with E-state index < -0.39 is 0 Å². The van der Waals surface area contributed by atoms with Crippen molar-refractivity contribution in [2.24, 2.45) is 0 Å². The Balaban J connectivity index is 2.12. The monoisotopic (exact) mass is 207 g/mol. The van der Waals surface area contributed by atoms with Crippen LogP contribution in [0.5, 0.6) is 0 Å². The minimum atomic E-state index is -0.288. The molecule has 3 N–H and O–H groups in total. The molecule has 1 fully saturated rings. The zero-order valence-corrected chi connectivity index (χ0v) is 8.18. The molecule has 1 saturated heterocycles. The van der Waals surface area contributed by atoms with Gasteiger partial charge in [-0.05, 0) is 12.1 Å². The molecule has 0 radical (unpaired) electrons. The van der Waals surface area contributed by atoms with E-state index in [2.05, 4.69) is 10.7 Å². The first kappa shape index (κ1) is 9.79. The number of carbonyl (C=O) groups excluding carboxylic acids is 1. The minimum absolute atomic E-state index is 0.0588. The molecular formula is C10H13N3O2. The standard InChI is InChI=1S/C10H13N3O2/c14-7-8-6-13(12-10(15)11-8)9-4-2-1-3-5-9/h1-5,8,14H,6-7H2,(H2,11,12,15). The van der Waals surface area contributed by atoms with E-state index in [-0.39, 0.29) is 18.7 Å². The number of hydrogen-bond acceptors (Lipinski definition) is 3. The molecule has 0 aromatic heterocycles. The molecule has 0 bridgehead atoms. The van der Waals surface area contributed by atoms with Crippen LogP contribution in [0, 0.1) is 0 Å². The van der Waals surface area contributed by atoms with E-state index in [4.69, 9.17) is 5.11 Å². The van der Waals surface area contributed by atoms with Crippen molar-refractivity contribution >= 4 is 11.7 Å². The Morgan fingerprint density at radius 3 is 2.80 bits per heavy atom. The molecule has 1 aliphatic rings. The molecule has 1 unspecified atom stereocenters. The van der Waals surface area contributed by atoms with Crippen molar-refractivity contribution in [2.75, 3.05) is 18.2 Å². The molecule has 2 rings (SSSR count). The number of nitrogens with one attached hydrogen (secondary N) is 2. The van der Waals surface area contributed by atoms with Gasteiger partial charge in [-0.3, -0.25) is 5.01 Å². The maximum atomic E-state index is 11.2. The lowest BCUT2D eigenvalue weighted by Crippen LogP contribution is -2.62. The van der Waals surface area contributed by atoms with Crippen LogP contribution < -0.4 is 15.8 Å². The van der Waals surface area contributed by atoms with E-state index in [1.54, 1.807) is 5.01 Å². The van der Waals surface area contributed by atoms with Crippen molar-refractivity contribution in [1.82, 2.24) is 10.7 Å². The molecule has 0 spiro atoms. The van der Waals surface area contributed by atoms with Gasteiger partial charge in [-0.25, -0.2) is 10.2 Å². The van der Waals surface area contributed by atoms with E-state index in [9.17, 15) is 4.79 Å². The number of anilines is 1. The van der Waals surface area contributed by atoms with Gasteiger partial charge in [-0.15, -0.1) is 0 Å². The van der Waals surface area contributed by atoms with Crippen LogP contribution in [0.3, 0.4) is 0 Å². The van der Waals surface area contributed by atoms with Gasteiger partial charge in [0.2, 0.25) is 0 Å². The molecule has 1 aromatic carbocycles. The fourth-order valence-electron chi connectivity index (χ4n) is 1.53. The summed E-state index contributed by atoms with van der Waals surface area (Å²) in [4.78, 5) is 11.2. The maximum Gasteiger partial charge on any atom is 0.333 e. The Bertz CT molecular complexity index is 342. The van der Waals surface area contributed by atoms with Crippen molar-refractivity contribution < 1.29 is 9.90 Å². The first-order valence-corrected chi connectivity index (χ1v) is 4.80. The predicted octanol–water partition coefficient (Wildman–Crippen LogP) is 0.0817. The fourth-order valence-corrected chi connectivity index (χ4v) is 1.53. The average molecular weight is 207 g/mol. The molecule has 80 valence electrons. The van der Waals surface area contributed by atoms with Gasteiger partial charge in [0.15, 0.2) is 0 Å². The molecule has 1 atom stereocenters. The van der Waals surface area contributed by atoms with Crippen LogP contribution in [0.2, 0.25) is 0 Å². The number of hydrazine groups is 1. The molecular weight excluding hydrogens is 194 g/mol.